The van der Waals surface area contributed by atoms with Crippen molar-refractivity contribution in [2.24, 2.45) is 0 Å². The SMILES string of the molecule is C[C@H]1CNCCN1S(=O)(=O)c1ccccc1[N+](=O)[O-]. The van der Waals surface area contributed by atoms with Crippen molar-refractivity contribution in [2.45, 2.75) is 17.9 Å². The van der Waals surface area contributed by atoms with E-state index in [0.29, 0.717) is 19.6 Å². The highest BCUT2D eigenvalue weighted by molar-refractivity contribution is 7.89. The number of para-hydroxylation sites is 1. The van der Waals surface area contributed by atoms with Crippen LogP contribution >= 0.6 is 0 Å². The number of nitro benzene ring substituents is 1. The molecule has 1 atom stereocenters. The Labute approximate surface area is 111 Å². The van der Waals surface area contributed by atoms with Crippen LogP contribution in [0.5, 0.6) is 0 Å². The van der Waals surface area contributed by atoms with Gasteiger partial charge in [0, 0.05) is 31.7 Å². The fourth-order valence-electron chi connectivity index (χ4n) is 2.13. The quantitative estimate of drug-likeness (QED) is 0.647. The maximum atomic E-state index is 12.5. The molecule has 1 heterocycles. The van der Waals surface area contributed by atoms with Crippen LogP contribution in [-0.4, -0.2) is 43.3 Å². The summed E-state index contributed by atoms with van der Waals surface area (Å²) in [6.45, 7) is 3.18. The van der Waals surface area contributed by atoms with E-state index < -0.39 is 14.9 Å². The van der Waals surface area contributed by atoms with E-state index in [1.54, 1.807) is 6.92 Å². The highest BCUT2D eigenvalue weighted by Crippen LogP contribution is 2.27. The molecule has 1 fully saturated rings. The first-order valence-corrected chi connectivity index (χ1v) is 7.34. The van der Waals surface area contributed by atoms with E-state index in [1.807, 2.05) is 0 Å². The number of nitrogens with zero attached hydrogens (tertiary/aromatic N) is 2. The molecule has 104 valence electrons. The van der Waals surface area contributed by atoms with Gasteiger partial charge in [0.2, 0.25) is 10.0 Å². The number of nitrogens with one attached hydrogen (secondary N) is 1. The average Bonchev–Trinajstić information content (AvgIpc) is 2.39. The summed E-state index contributed by atoms with van der Waals surface area (Å²) in [6.07, 6.45) is 0. The van der Waals surface area contributed by atoms with Gasteiger partial charge in [-0.1, -0.05) is 12.1 Å². The van der Waals surface area contributed by atoms with Crippen LogP contribution in [0.3, 0.4) is 0 Å². The third-order valence-electron chi connectivity index (χ3n) is 3.09. The lowest BCUT2D eigenvalue weighted by molar-refractivity contribution is -0.387. The zero-order chi connectivity index (χ0) is 14.0. The lowest BCUT2D eigenvalue weighted by Crippen LogP contribution is -2.52. The summed E-state index contributed by atoms with van der Waals surface area (Å²) in [6, 6.07) is 5.21. The summed E-state index contributed by atoms with van der Waals surface area (Å²) in [5, 5.41) is 14.0. The number of rotatable bonds is 3. The van der Waals surface area contributed by atoms with Crippen molar-refractivity contribution < 1.29 is 13.3 Å². The molecule has 1 saturated heterocycles. The van der Waals surface area contributed by atoms with E-state index in [0.717, 1.165) is 0 Å². The number of benzene rings is 1. The van der Waals surface area contributed by atoms with Gasteiger partial charge in [-0.2, -0.15) is 4.31 Å². The summed E-state index contributed by atoms with van der Waals surface area (Å²) in [5.74, 6) is 0. The third kappa shape index (κ3) is 2.60. The van der Waals surface area contributed by atoms with Crippen molar-refractivity contribution in [2.75, 3.05) is 19.6 Å². The van der Waals surface area contributed by atoms with Crippen LogP contribution in [0.25, 0.3) is 0 Å². The maximum Gasteiger partial charge on any atom is 0.289 e. The number of piperazine rings is 1. The molecule has 1 N–H and O–H groups in total. The van der Waals surface area contributed by atoms with Crippen molar-refractivity contribution in [1.82, 2.24) is 9.62 Å². The second kappa shape index (κ2) is 5.24. The van der Waals surface area contributed by atoms with Gasteiger partial charge in [0.05, 0.1) is 4.92 Å². The minimum Gasteiger partial charge on any atom is -0.314 e. The highest BCUT2D eigenvalue weighted by atomic mass is 32.2. The van der Waals surface area contributed by atoms with Crippen LogP contribution in [0.1, 0.15) is 6.92 Å². The molecule has 1 aliphatic heterocycles. The van der Waals surface area contributed by atoms with Crippen molar-refractivity contribution >= 4 is 15.7 Å². The molecule has 0 radical (unpaired) electrons. The van der Waals surface area contributed by atoms with Crippen LogP contribution in [0.15, 0.2) is 29.2 Å². The molecule has 2 rings (SSSR count). The largest absolute Gasteiger partial charge is 0.314 e. The summed E-state index contributed by atoms with van der Waals surface area (Å²) in [4.78, 5) is 10.0. The molecule has 0 amide bonds. The summed E-state index contributed by atoms with van der Waals surface area (Å²) < 4.78 is 26.3. The van der Waals surface area contributed by atoms with Gasteiger partial charge in [0.15, 0.2) is 4.90 Å². The van der Waals surface area contributed by atoms with Crippen LogP contribution < -0.4 is 5.32 Å². The monoisotopic (exact) mass is 285 g/mol. The molecular weight excluding hydrogens is 270 g/mol. The molecule has 7 nitrogen and oxygen atoms in total. The van der Waals surface area contributed by atoms with Gasteiger partial charge in [-0.15, -0.1) is 0 Å². The first-order valence-electron chi connectivity index (χ1n) is 5.90. The fraction of sp³-hybridized carbons (Fsp3) is 0.455. The lowest BCUT2D eigenvalue weighted by Gasteiger charge is -2.32. The highest BCUT2D eigenvalue weighted by Gasteiger charge is 2.35. The Hall–Kier alpha value is -1.51. The molecule has 1 aromatic rings. The van der Waals surface area contributed by atoms with Gasteiger partial charge in [0.25, 0.3) is 5.69 Å². The second-order valence-corrected chi connectivity index (χ2v) is 6.25. The van der Waals surface area contributed by atoms with Gasteiger partial charge in [-0.05, 0) is 13.0 Å². The van der Waals surface area contributed by atoms with Crippen molar-refractivity contribution in [3.63, 3.8) is 0 Å². The van der Waals surface area contributed by atoms with Gasteiger partial charge >= 0.3 is 0 Å². The molecule has 8 heteroatoms. The molecular formula is C11H15N3O4S. The maximum absolute atomic E-state index is 12.5. The molecule has 0 bridgehead atoms. The summed E-state index contributed by atoms with van der Waals surface area (Å²) >= 11 is 0. The summed E-state index contributed by atoms with van der Waals surface area (Å²) in [5.41, 5.74) is -0.381. The standard InChI is InChI=1S/C11H15N3O4S/c1-9-8-12-6-7-13(9)19(17,18)11-5-3-2-4-10(11)14(15)16/h2-5,9,12H,6-8H2,1H3/t9-/m0/s1. The normalized spacial score (nSPS) is 21.2. The van der Waals surface area contributed by atoms with E-state index in [-0.39, 0.29) is 16.6 Å². The first-order chi connectivity index (χ1) is 8.94. The Balaban J connectivity index is 2.47. The van der Waals surface area contributed by atoms with Gasteiger partial charge in [0.1, 0.15) is 0 Å². The number of hydrogen-bond donors (Lipinski definition) is 1. The molecule has 0 aromatic heterocycles. The predicted molar refractivity (Wildman–Crippen MR) is 69.3 cm³/mol. The Kier molecular flexibility index (Phi) is 3.83. The van der Waals surface area contributed by atoms with Crippen LogP contribution in [-0.2, 0) is 10.0 Å². The number of sulfonamides is 1. The van der Waals surface area contributed by atoms with Gasteiger partial charge in [-0.25, -0.2) is 8.42 Å². The number of hydrogen-bond acceptors (Lipinski definition) is 5. The Bertz CT molecular complexity index is 587. The van der Waals surface area contributed by atoms with E-state index in [2.05, 4.69) is 5.32 Å². The first kappa shape index (κ1) is 13.9. The van der Waals surface area contributed by atoms with Crippen LogP contribution in [0, 0.1) is 10.1 Å². The molecule has 19 heavy (non-hydrogen) atoms. The number of nitro groups is 1. The fourth-order valence-corrected chi connectivity index (χ4v) is 3.92. The second-order valence-electron chi connectivity index (χ2n) is 4.39. The Morgan fingerprint density at radius 3 is 2.74 bits per heavy atom. The zero-order valence-electron chi connectivity index (χ0n) is 10.4. The van der Waals surface area contributed by atoms with Crippen molar-refractivity contribution in [3.05, 3.63) is 34.4 Å². The van der Waals surface area contributed by atoms with Crippen LogP contribution in [0.2, 0.25) is 0 Å². The van der Waals surface area contributed by atoms with Crippen molar-refractivity contribution in [1.29, 1.82) is 0 Å². The van der Waals surface area contributed by atoms with Gasteiger partial charge in [-0.3, -0.25) is 10.1 Å². The zero-order valence-corrected chi connectivity index (χ0v) is 11.3. The molecule has 1 aromatic carbocycles. The minimum atomic E-state index is -3.84. The third-order valence-corrected chi connectivity index (χ3v) is 5.15. The Morgan fingerprint density at radius 1 is 1.42 bits per heavy atom. The Morgan fingerprint density at radius 2 is 2.11 bits per heavy atom. The average molecular weight is 285 g/mol. The van der Waals surface area contributed by atoms with Crippen LogP contribution in [0.4, 0.5) is 5.69 Å². The van der Waals surface area contributed by atoms with E-state index >= 15 is 0 Å². The molecule has 0 aliphatic carbocycles. The van der Waals surface area contributed by atoms with E-state index in [9.17, 15) is 18.5 Å². The van der Waals surface area contributed by atoms with Gasteiger partial charge < -0.3 is 5.32 Å². The molecule has 0 saturated carbocycles. The minimum absolute atomic E-state index is 0.224. The van der Waals surface area contributed by atoms with Crippen molar-refractivity contribution in [3.8, 4) is 0 Å². The molecule has 1 aliphatic rings. The smallest absolute Gasteiger partial charge is 0.289 e. The summed E-state index contributed by atoms with van der Waals surface area (Å²) in [7, 11) is -3.84. The molecule has 0 unspecified atom stereocenters. The molecule has 0 spiro atoms. The predicted octanol–water partition coefficient (Wildman–Crippen LogP) is 0.577. The van der Waals surface area contributed by atoms with E-state index in [4.69, 9.17) is 0 Å². The topological polar surface area (TPSA) is 92.6 Å². The van der Waals surface area contributed by atoms with E-state index in [1.165, 1.54) is 28.6 Å². The lowest BCUT2D eigenvalue weighted by atomic mass is 10.3.